The van der Waals surface area contributed by atoms with Crippen LogP contribution in [0.1, 0.15) is 22.8 Å². The van der Waals surface area contributed by atoms with Gasteiger partial charge in [-0.15, -0.1) is 0 Å². The number of hydrogen-bond acceptors (Lipinski definition) is 7. The lowest BCUT2D eigenvalue weighted by Crippen LogP contribution is -2.49. The molecule has 2 heterocycles. The lowest BCUT2D eigenvalue weighted by atomic mass is 9.97. The number of fused-ring (bicyclic) bond motifs is 1. The predicted molar refractivity (Wildman–Crippen MR) is 118 cm³/mol. The first-order valence-electron chi connectivity index (χ1n) is 10.7. The van der Waals surface area contributed by atoms with Gasteiger partial charge < -0.3 is 24.2 Å². The molecule has 0 amide bonds. The summed E-state index contributed by atoms with van der Waals surface area (Å²) in [7, 11) is 1.55. The van der Waals surface area contributed by atoms with E-state index in [1.165, 1.54) is 5.69 Å². The molecule has 7 nitrogen and oxygen atoms in total. The molecule has 0 saturated carbocycles. The van der Waals surface area contributed by atoms with E-state index in [1.807, 2.05) is 6.07 Å². The fourth-order valence-corrected chi connectivity index (χ4v) is 4.10. The van der Waals surface area contributed by atoms with Gasteiger partial charge in [-0.05, 0) is 36.8 Å². The third kappa shape index (κ3) is 5.01. The van der Waals surface area contributed by atoms with Gasteiger partial charge in [-0.3, -0.25) is 9.69 Å². The number of carbonyl (C=O) groups is 1. The van der Waals surface area contributed by atoms with Crippen LogP contribution in [0.2, 0.25) is 0 Å². The summed E-state index contributed by atoms with van der Waals surface area (Å²) in [6.45, 7) is 6.46. The third-order valence-electron chi connectivity index (χ3n) is 5.91. The largest absolute Gasteiger partial charge is 0.493 e. The van der Waals surface area contributed by atoms with E-state index in [0.717, 1.165) is 31.7 Å². The van der Waals surface area contributed by atoms with Crippen molar-refractivity contribution in [3.05, 3.63) is 53.6 Å². The zero-order valence-electron chi connectivity index (χ0n) is 18.1. The summed E-state index contributed by atoms with van der Waals surface area (Å²) in [5, 5.41) is 10.5. The standard InChI is InChI=1S/C24H30N2O5/c1-17-24(28)21-13-22(29-2)23(12-18(21)15-30-17)31-16-20(27)14-25-8-10-26(11-9-25)19-6-4-3-5-7-19/h3-7,12-13,17,20,27H,8-11,14-16H2,1-2H3. The number of carbonyl (C=O) groups excluding carboxylic acids is 1. The van der Waals surface area contributed by atoms with Gasteiger partial charge in [0.05, 0.1) is 13.7 Å². The molecule has 0 radical (unpaired) electrons. The Kier molecular flexibility index (Phi) is 6.75. The van der Waals surface area contributed by atoms with Crippen LogP contribution in [-0.2, 0) is 11.3 Å². The number of aliphatic hydroxyl groups excluding tert-OH is 1. The number of Topliss-reactive ketones (excluding diaryl/α,β-unsaturated/α-hetero) is 1. The van der Waals surface area contributed by atoms with Crippen molar-refractivity contribution >= 4 is 11.5 Å². The first-order chi connectivity index (χ1) is 15.0. The maximum atomic E-state index is 12.3. The van der Waals surface area contributed by atoms with Crippen molar-refractivity contribution in [1.82, 2.24) is 4.90 Å². The Bertz CT molecular complexity index is 896. The smallest absolute Gasteiger partial charge is 0.191 e. The zero-order chi connectivity index (χ0) is 21.8. The van der Waals surface area contributed by atoms with Crippen LogP contribution in [0, 0.1) is 0 Å². The molecule has 0 aliphatic carbocycles. The molecule has 166 valence electrons. The van der Waals surface area contributed by atoms with Crippen LogP contribution in [0.25, 0.3) is 0 Å². The zero-order valence-corrected chi connectivity index (χ0v) is 18.1. The summed E-state index contributed by atoms with van der Waals surface area (Å²) in [4.78, 5) is 16.9. The minimum absolute atomic E-state index is 0.0548. The number of piperazine rings is 1. The van der Waals surface area contributed by atoms with E-state index in [-0.39, 0.29) is 12.4 Å². The van der Waals surface area contributed by atoms with E-state index in [1.54, 1.807) is 26.2 Å². The van der Waals surface area contributed by atoms with Gasteiger partial charge in [0.1, 0.15) is 18.8 Å². The van der Waals surface area contributed by atoms with Crippen LogP contribution in [0.15, 0.2) is 42.5 Å². The second-order valence-electron chi connectivity index (χ2n) is 8.07. The van der Waals surface area contributed by atoms with Gasteiger partial charge in [0.25, 0.3) is 0 Å². The normalized spacial score (nSPS) is 20.3. The summed E-state index contributed by atoms with van der Waals surface area (Å²) >= 11 is 0. The Labute approximate surface area is 183 Å². The third-order valence-corrected chi connectivity index (χ3v) is 5.91. The molecule has 0 aromatic heterocycles. The molecule has 2 aromatic carbocycles. The van der Waals surface area contributed by atoms with Gasteiger partial charge in [-0.2, -0.15) is 0 Å². The number of β-amino-alcohol motifs (C(OH)–C–C–N with tert-alkyl or cyclic N) is 1. The quantitative estimate of drug-likeness (QED) is 0.729. The van der Waals surface area contributed by atoms with Crippen molar-refractivity contribution in [2.24, 2.45) is 0 Å². The molecule has 2 aliphatic heterocycles. The average Bonchev–Trinajstić information content (AvgIpc) is 2.81. The number of rotatable bonds is 7. The highest BCUT2D eigenvalue weighted by Gasteiger charge is 2.27. The van der Waals surface area contributed by atoms with Crippen LogP contribution >= 0.6 is 0 Å². The van der Waals surface area contributed by atoms with Crippen LogP contribution in [-0.4, -0.2) is 74.4 Å². The summed E-state index contributed by atoms with van der Waals surface area (Å²) in [5.74, 6) is 0.950. The fourth-order valence-electron chi connectivity index (χ4n) is 4.10. The SMILES string of the molecule is COc1cc2c(cc1OCC(O)CN1CCN(c3ccccc3)CC1)COC(C)C2=O. The van der Waals surface area contributed by atoms with Crippen molar-refractivity contribution < 1.29 is 24.1 Å². The molecule has 7 heteroatoms. The van der Waals surface area contributed by atoms with Gasteiger partial charge >= 0.3 is 0 Å². The van der Waals surface area contributed by atoms with Crippen molar-refractivity contribution in [1.29, 1.82) is 0 Å². The Morgan fingerprint density at radius 3 is 2.58 bits per heavy atom. The highest BCUT2D eigenvalue weighted by molar-refractivity contribution is 6.01. The average molecular weight is 427 g/mol. The summed E-state index contributed by atoms with van der Waals surface area (Å²) in [6.07, 6.45) is -1.07. The Hall–Kier alpha value is -2.61. The van der Waals surface area contributed by atoms with E-state index < -0.39 is 12.2 Å². The maximum Gasteiger partial charge on any atom is 0.191 e. The second kappa shape index (κ2) is 9.68. The molecule has 2 unspecified atom stereocenters. The number of hydrogen-bond donors (Lipinski definition) is 1. The lowest BCUT2D eigenvalue weighted by Gasteiger charge is -2.36. The molecule has 1 N–H and O–H groups in total. The molecule has 1 saturated heterocycles. The summed E-state index contributed by atoms with van der Waals surface area (Å²) in [5.41, 5.74) is 2.63. The lowest BCUT2D eigenvalue weighted by molar-refractivity contribution is 0.0333. The molecule has 31 heavy (non-hydrogen) atoms. The number of ketones is 1. The molecular weight excluding hydrogens is 396 g/mol. The van der Waals surface area contributed by atoms with E-state index in [2.05, 4.69) is 34.1 Å². The van der Waals surface area contributed by atoms with Crippen molar-refractivity contribution in [2.45, 2.75) is 25.7 Å². The number of ether oxygens (including phenoxy) is 3. The summed E-state index contributed by atoms with van der Waals surface area (Å²) < 4.78 is 16.8. The first kappa shape index (κ1) is 21.6. The van der Waals surface area contributed by atoms with Gasteiger partial charge in [0, 0.05) is 44.0 Å². The highest BCUT2D eigenvalue weighted by atomic mass is 16.5. The molecule has 4 rings (SSSR count). The van der Waals surface area contributed by atoms with E-state index >= 15 is 0 Å². The minimum atomic E-state index is -0.623. The Morgan fingerprint density at radius 2 is 1.87 bits per heavy atom. The molecule has 0 spiro atoms. The van der Waals surface area contributed by atoms with Gasteiger partial charge in [0.2, 0.25) is 0 Å². The summed E-state index contributed by atoms with van der Waals surface area (Å²) in [6, 6.07) is 13.9. The minimum Gasteiger partial charge on any atom is -0.493 e. The van der Waals surface area contributed by atoms with Crippen LogP contribution < -0.4 is 14.4 Å². The number of aliphatic hydroxyl groups is 1. The monoisotopic (exact) mass is 426 g/mol. The van der Waals surface area contributed by atoms with Gasteiger partial charge in [0.15, 0.2) is 17.3 Å². The highest BCUT2D eigenvalue weighted by Crippen LogP contribution is 2.34. The van der Waals surface area contributed by atoms with E-state index in [4.69, 9.17) is 14.2 Å². The molecule has 0 bridgehead atoms. The van der Waals surface area contributed by atoms with E-state index in [9.17, 15) is 9.90 Å². The number of anilines is 1. The second-order valence-corrected chi connectivity index (χ2v) is 8.07. The topological polar surface area (TPSA) is 71.5 Å². The molecule has 2 atom stereocenters. The Morgan fingerprint density at radius 1 is 1.13 bits per heavy atom. The van der Waals surface area contributed by atoms with Gasteiger partial charge in [-0.25, -0.2) is 0 Å². The fraction of sp³-hybridized carbons (Fsp3) is 0.458. The van der Waals surface area contributed by atoms with Crippen molar-refractivity contribution in [3.63, 3.8) is 0 Å². The number of para-hydroxylation sites is 1. The molecular formula is C24H30N2O5. The first-order valence-corrected chi connectivity index (χ1v) is 10.7. The van der Waals surface area contributed by atoms with Gasteiger partial charge in [-0.1, -0.05) is 18.2 Å². The van der Waals surface area contributed by atoms with Crippen molar-refractivity contribution in [2.75, 3.05) is 51.3 Å². The number of benzene rings is 2. The van der Waals surface area contributed by atoms with Crippen LogP contribution in [0.5, 0.6) is 11.5 Å². The molecule has 1 fully saturated rings. The van der Waals surface area contributed by atoms with Crippen LogP contribution in [0.3, 0.4) is 0 Å². The molecule has 2 aromatic rings. The van der Waals surface area contributed by atoms with Crippen LogP contribution in [0.4, 0.5) is 5.69 Å². The maximum absolute atomic E-state index is 12.3. The van der Waals surface area contributed by atoms with E-state index in [0.29, 0.717) is 30.2 Å². The molecule has 2 aliphatic rings. The number of methoxy groups -OCH3 is 1. The number of nitrogens with zero attached hydrogens (tertiary/aromatic N) is 2. The van der Waals surface area contributed by atoms with Crippen molar-refractivity contribution in [3.8, 4) is 11.5 Å². The predicted octanol–water partition coefficient (Wildman–Crippen LogP) is 2.36. The Balaban J connectivity index is 1.30.